The third-order valence-electron chi connectivity index (χ3n) is 6.35. The van der Waals surface area contributed by atoms with E-state index in [0.29, 0.717) is 12.4 Å². The molecular weight excluding hydrogens is 452 g/mol. The van der Waals surface area contributed by atoms with E-state index in [9.17, 15) is 15.0 Å². The minimum Gasteiger partial charge on any atom is -0.448 e. The number of nitrogens with zero attached hydrogens (tertiary/aromatic N) is 3. The van der Waals surface area contributed by atoms with Gasteiger partial charge in [-0.25, -0.2) is 9.97 Å². The van der Waals surface area contributed by atoms with Gasteiger partial charge in [-0.3, -0.25) is 9.69 Å². The number of carbonyl (C=O) groups is 1. The number of thiazole rings is 1. The van der Waals surface area contributed by atoms with Crippen LogP contribution in [0.3, 0.4) is 0 Å². The molecule has 1 aliphatic heterocycles. The molecule has 0 spiro atoms. The van der Waals surface area contributed by atoms with Crippen molar-refractivity contribution in [2.75, 3.05) is 6.54 Å². The van der Waals surface area contributed by atoms with Crippen LogP contribution in [0.15, 0.2) is 40.5 Å². The van der Waals surface area contributed by atoms with Crippen LogP contribution in [0.25, 0.3) is 10.4 Å². The molecule has 3 N–H and O–H groups in total. The first-order valence-electron chi connectivity index (χ1n) is 11.6. The fraction of sp³-hybridized carbons (Fsp3) is 0.480. The van der Waals surface area contributed by atoms with Gasteiger partial charge in [-0.05, 0) is 37.3 Å². The van der Waals surface area contributed by atoms with E-state index < -0.39 is 24.3 Å². The molecule has 9 heteroatoms. The Labute approximate surface area is 203 Å². The van der Waals surface area contributed by atoms with Crippen LogP contribution in [-0.2, 0) is 11.3 Å². The summed E-state index contributed by atoms with van der Waals surface area (Å²) in [5, 5.41) is 24.5. The van der Waals surface area contributed by atoms with Crippen molar-refractivity contribution in [2.45, 2.75) is 65.0 Å². The molecule has 4 atom stereocenters. The molecule has 1 fully saturated rings. The van der Waals surface area contributed by atoms with Gasteiger partial charge in [0.1, 0.15) is 12.5 Å². The molecule has 0 saturated carbocycles. The van der Waals surface area contributed by atoms with Crippen molar-refractivity contribution in [2.24, 2.45) is 5.92 Å². The van der Waals surface area contributed by atoms with Gasteiger partial charge in [0, 0.05) is 13.1 Å². The van der Waals surface area contributed by atoms with Gasteiger partial charge in [-0.1, -0.05) is 38.1 Å². The lowest BCUT2D eigenvalue weighted by Gasteiger charge is -2.34. The highest BCUT2D eigenvalue weighted by Crippen LogP contribution is 2.33. The lowest BCUT2D eigenvalue weighted by molar-refractivity contribution is -0.131. The van der Waals surface area contributed by atoms with E-state index in [1.165, 1.54) is 0 Å². The van der Waals surface area contributed by atoms with Crippen molar-refractivity contribution >= 4 is 17.2 Å². The number of oxazole rings is 1. The van der Waals surface area contributed by atoms with Crippen molar-refractivity contribution in [3.8, 4) is 10.4 Å². The fourth-order valence-electron chi connectivity index (χ4n) is 4.54. The lowest BCUT2D eigenvalue weighted by Crippen LogP contribution is -2.50. The summed E-state index contributed by atoms with van der Waals surface area (Å²) in [5.74, 6) is -0.173. The first-order chi connectivity index (χ1) is 16.2. The molecule has 3 aromatic rings. The van der Waals surface area contributed by atoms with Crippen LogP contribution in [0.4, 0.5) is 0 Å². The molecule has 1 aromatic carbocycles. The summed E-state index contributed by atoms with van der Waals surface area (Å²) in [6.07, 6.45) is 0.128. The predicted octanol–water partition coefficient (Wildman–Crippen LogP) is 3.22. The number of amides is 1. The van der Waals surface area contributed by atoms with Crippen molar-refractivity contribution in [1.29, 1.82) is 0 Å². The Hall–Kier alpha value is -2.59. The molecule has 0 radical (unpaired) electrons. The monoisotopic (exact) mass is 484 g/mol. The molecule has 0 aliphatic carbocycles. The molecule has 1 amide bonds. The Bertz CT molecular complexity index is 1110. The summed E-state index contributed by atoms with van der Waals surface area (Å²) in [6.45, 7) is 8.36. The standard InChI is InChI=1S/C25H32N4O4S/c1-14(2)21(24-28-15(3)12-33-24)25(32)29-11-19(30)9-20(29)23(31)26-10-17-5-7-18(8-6-17)22-16(4)27-13-34-22/h5-8,12-14,19-21,25,30,32H,9-11H2,1-4H3,(H,26,31)/t19-,20+,21-,25?/m1/s1. The van der Waals surface area contributed by atoms with E-state index in [-0.39, 0.29) is 24.8 Å². The number of β-amino-alcohol motifs (C(OH)–C–C–N with tert-alkyl or cyclic N) is 1. The van der Waals surface area contributed by atoms with Crippen LogP contribution in [0, 0.1) is 19.8 Å². The normalized spacial score (nSPS) is 20.6. The van der Waals surface area contributed by atoms with Crippen LogP contribution in [-0.4, -0.2) is 55.9 Å². The van der Waals surface area contributed by atoms with E-state index in [0.717, 1.165) is 27.4 Å². The zero-order valence-electron chi connectivity index (χ0n) is 19.9. The number of rotatable bonds is 8. The summed E-state index contributed by atoms with van der Waals surface area (Å²) < 4.78 is 5.58. The maximum atomic E-state index is 13.1. The number of benzene rings is 1. The fourth-order valence-corrected chi connectivity index (χ4v) is 5.35. The smallest absolute Gasteiger partial charge is 0.237 e. The number of carbonyl (C=O) groups excluding carboxylic acids is 1. The molecular formula is C25H32N4O4S. The van der Waals surface area contributed by atoms with Gasteiger partial charge < -0.3 is 19.9 Å². The van der Waals surface area contributed by atoms with Crippen LogP contribution in [0.2, 0.25) is 0 Å². The SMILES string of the molecule is Cc1coc([C@@H](C(C)C)C(O)N2C[C@H](O)C[C@H]2C(=O)NCc2ccc(-c3scnc3C)cc2)n1. The summed E-state index contributed by atoms with van der Waals surface area (Å²) in [4.78, 5) is 24.6. The van der Waals surface area contributed by atoms with Crippen molar-refractivity contribution in [3.05, 3.63) is 58.9 Å². The Kier molecular flexibility index (Phi) is 7.47. The molecule has 4 rings (SSSR count). The number of hydrogen-bond acceptors (Lipinski definition) is 8. The summed E-state index contributed by atoms with van der Waals surface area (Å²) in [7, 11) is 0. The molecule has 1 aliphatic rings. The zero-order chi connectivity index (χ0) is 24.4. The van der Waals surface area contributed by atoms with E-state index in [4.69, 9.17) is 4.42 Å². The maximum Gasteiger partial charge on any atom is 0.237 e. The summed E-state index contributed by atoms with van der Waals surface area (Å²) in [6, 6.07) is 7.41. The second-order valence-corrected chi connectivity index (χ2v) is 10.1. The van der Waals surface area contributed by atoms with Gasteiger partial charge in [-0.2, -0.15) is 0 Å². The van der Waals surface area contributed by atoms with Gasteiger partial charge in [0.2, 0.25) is 11.8 Å². The molecule has 1 unspecified atom stereocenters. The van der Waals surface area contributed by atoms with E-state index in [1.807, 2.05) is 57.5 Å². The van der Waals surface area contributed by atoms with E-state index >= 15 is 0 Å². The van der Waals surface area contributed by atoms with Crippen molar-refractivity contribution in [1.82, 2.24) is 20.2 Å². The number of likely N-dealkylation sites (tertiary alicyclic amines) is 1. The summed E-state index contributed by atoms with van der Waals surface area (Å²) in [5.41, 5.74) is 5.65. The minimum absolute atomic E-state index is 0.0233. The van der Waals surface area contributed by atoms with Crippen LogP contribution < -0.4 is 5.32 Å². The van der Waals surface area contributed by atoms with Gasteiger partial charge in [0.05, 0.1) is 39.8 Å². The maximum absolute atomic E-state index is 13.1. The second-order valence-electron chi connectivity index (χ2n) is 9.29. The predicted molar refractivity (Wildman–Crippen MR) is 130 cm³/mol. The van der Waals surface area contributed by atoms with Gasteiger partial charge >= 0.3 is 0 Å². The number of aryl methyl sites for hydroxylation is 2. The van der Waals surface area contributed by atoms with Crippen molar-refractivity contribution < 1.29 is 19.4 Å². The molecule has 3 heterocycles. The molecule has 182 valence electrons. The average molecular weight is 485 g/mol. The van der Waals surface area contributed by atoms with E-state index in [1.54, 1.807) is 22.5 Å². The number of aromatic nitrogens is 2. The van der Waals surface area contributed by atoms with Crippen LogP contribution >= 0.6 is 11.3 Å². The van der Waals surface area contributed by atoms with Crippen LogP contribution in [0.1, 0.15) is 49.0 Å². The highest BCUT2D eigenvalue weighted by Gasteiger charge is 2.43. The molecule has 2 aromatic heterocycles. The zero-order valence-corrected chi connectivity index (χ0v) is 20.7. The van der Waals surface area contributed by atoms with E-state index in [2.05, 4.69) is 15.3 Å². The third-order valence-corrected chi connectivity index (χ3v) is 7.33. The molecule has 1 saturated heterocycles. The Morgan fingerprint density at radius 1 is 1.29 bits per heavy atom. The Balaban J connectivity index is 1.43. The van der Waals surface area contributed by atoms with Crippen molar-refractivity contribution in [3.63, 3.8) is 0 Å². The Morgan fingerprint density at radius 2 is 2.03 bits per heavy atom. The molecule has 0 bridgehead atoms. The quantitative estimate of drug-likeness (QED) is 0.450. The number of hydrogen-bond donors (Lipinski definition) is 3. The lowest BCUT2D eigenvalue weighted by atomic mass is 9.92. The van der Waals surface area contributed by atoms with Gasteiger partial charge in [-0.15, -0.1) is 11.3 Å². The summed E-state index contributed by atoms with van der Waals surface area (Å²) >= 11 is 1.61. The van der Waals surface area contributed by atoms with Crippen LogP contribution in [0.5, 0.6) is 0 Å². The van der Waals surface area contributed by atoms with Gasteiger partial charge in [0.15, 0.2) is 0 Å². The topological polar surface area (TPSA) is 112 Å². The third kappa shape index (κ3) is 5.22. The number of aliphatic hydroxyl groups excluding tert-OH is 2. The van der Waals surface area contributed by atoms with Gasteiger partial charge in [0.25, 0.3) is 0 Å². The first-order valence-corrected chi connectivity index (χ1v) is 12.4. The second kappa shape index (κ2) is 10.4. The number of nitrogens with one attached hydrogen (secondary N) is 1. The first kappa shape index (κ1) is 24.5. The number of aliphatic hydroxyl groups is 2. The highest BCUT2D eigenvalue weighted by atomic mass is 32.1. The molecule has 34 heavy (non-hydrogen) atoms. The largest absolute Gasteiger partial charge is 0.448 e. The Morgan fingerprint density at radius 3 is 2.62 bits per heavy atom. The average Bonchev–Trinajstić information content (AvgIpc) is 3.52. The highest BCUT2D eigenvalue weighted by molar-refractivity contribution is 7.13. The minimum atomic E-state index is -1.01. The molecule has 8 nitrogen and oxygen atoms in total.